The second-order valence-corrected chi connectivity index (χ2v) is 8.50. The topological polar surface area (TPSA) is 69.2 Å². The fourth-order valence-corrected chi connectivity index (χ4v) is 4.23. The lowest BCUT2D eigenvalue weighted by Crippen LogP contribution is -2.17. The van der Waals surface area contributed by atoms with Crippen molar-refractivity contribution in [1.29, 1.82) is 0 Å². The Bertz CT molecular complexity index is 1240. The van der Waals surface area contributed by atoms with E-state index in [2.05, 4.69) is 15.5 Å². The third-order valence-corrected chi connectivity index (χ3v) is 6.19. The molecule has 0 spiro atoms. The van der Waals surface area contributed by atoms with Gasteiger partial charge in [-0.15, -0.1) is 10.2 Å². The first-order chi connectivity index (χ1) is 15.7. The second-order valence-electron chi connectivity index (χ2n) is 7.12. The highest BCUT2D eigenvalue weighted by Crippen LogP contribution is 2.39. The molecule has 0 fully saturated rings. The van der Waals surface area contributed by atoms with Gasteiger partial charge in [-0.1, -0.05) is 53.7 Å². The first kappa shape index (κ1) is 20.6. The number of para-hydroxylation sites is 1. The molecule has 4 aromatic rings. The zero-order chi connectivity index (χ0) is 21.9. The Morgan fingerprint density at radius 1 is 1.00 bits per heavy atom. The van der Waals surface area contributed by atoms with Crippen LogP contribution in [0.5, 0.6) is 11.6 Å². The molecule has 0 saturated heterocycles. The predicted octanol–water partition coefficient (Wildman–Crippen LogP) is 6.00. The number of halogens is 1. The van der Waals surface area contributed by atoms with Crippen molar-refractivity contribution in [1.82, 2.24) is 15.2 Å². The summed E-state index contributed by atoms with van der Waals surface area (Å²) in [5.74, 6) is 1.93. The van der Waals surface area contributed by atoms with Crippen molar-refractivity contribution in [2.45, 2.75) is 17.1 Å². The number of hydrogen-bond acceptors (Lipinski definition) is 7. The minimum absolute atomic E-state index is 0.436. The van der Waals surface area contributed by atoms with E-state index in [9.17, 15) is 0 Å². The number of methoxy groups -OCH3 is 1. The molecule has 1 aliphatic rings. The molecule has 1 unspecified atom stereocenters. The fraction of sp³-hybridized carbons (Fsp3) is 0.125. The summed E-state index contributed by atoms with van der Waals surface area (Å²) < 4.78 is 11.6. The van der Waals surface area contributed by atoms with Gasteiger partial charge in [-0.25, -0.2) is 0 Å². The van der Waals surface area contributed by atoms with Gasteiger partial charge in [0.25, 0.3) is 0 Å². The number of nitrogens with zero attached hydrogens (tertiary/aromatic N) is 3. The van der Waals surface area contributed by atoms with E-state index in [0.717, 1.165) is 28.1 Å². The Hall–Kier alpha value is -3.29. The standard InChI is InChI=1S/C24H19ClN4O2S/c1-30-18-12-8-16(9-13-18)22-26-20-5-3-2-4-19(20)21-23(31-22)27-24(29-28-21)32-14-15-6-10-17(25)11-7-15/h2-13,22,26H,14H2,1H3. The van der Waals surface area contributed by atoms with Gasteiger partial charge >= 0.3 is 0 Å². The average Bonchev–Trinajstić information content (AvgIpc) is 3.00. The SMILES string of the molecule is COc1ccc(C2Nc3ccccc3-c3nnc(SCc4ccc(Cl)cc4)nc3O2)cc1. The Morgan fingerprint density at radius 3 is 2.56 bits per heavy atom. The summed E-state index contributed by atoms with van der Waals surface area (Å²) >= 11 is 7.47. The maximum Gasteiger partial charge on any atom is 0.247 e. The van der Waals surface area contributed by atoms with Crippen LogP contribution in [0.25, 0.3) is 11.3 Å². The number of anilines is 1. The summed E-state index contributed by atoms with van der Waals surface area (Å²) in [6, 6.07) is 23.4. The van der Waals surface area contributed by atoms with Crippen molar-refractivity contribution >= 4 is 29.1 Å². The number of nitrogens with one attached hydrogen (secondary N) is 1. The summed E-state index contributed by atoms with van der Waals surface area (Å²) in [7, 11) is 1.65. The third kappa shape index (κ3) is 4.35. The smallest absolute Gasteiger partial charge is 0.247 e. The van der Waals surface area contributed by atoms with E-state index in [1.54, 1.807) is 7.11 Å². The molecule has 6 nitrogen and oxygen atoms in total. The number of ether oxygens (including phenoxy) is 2. The fourth-order valence-electron chi connectivity index (χ4n) is 3.37. The average molecular weight is 463 g/mol. The normalized spacial score (nSPS) is 14.4. The van der Waals surface area contributed by atoms with Crippen LogP contribution < -0.4 is 14.8 Å². The molecule has 8 heteroatoms. The summed E-state index contributed by atoms with van der Waals surface area (Å²) in [5, 5.41) is 13.5. The summed E-state index contributed by atoms with van der Waals surface area (Å²) in [5.41, 5.74) is 4.49. The van der Waals surface area contributed by atoms with Crippen LogP contribution in [0, 0.1) is 0 Å². The molecule has 160 valence electrons. The Morgan fingerprint density at radius 2 is 1.78 bits per heavy atom. The van der Waals surface area contributed by atoms with Crippen LogP contribution in [0.1, 0.15) is 17.4 Å². The molecular formula is C24H19ClN4O2S. The predicted molar refractivity (Wildman–Crippen MR) is 126 cm³/mol. The monoisotopic (exact) mass is 462 g/mol. The van der Waals surface area contributed by atoms with Gasteiger partial charge in [-0.05, 0) is 48.0 Å². The number of fused-ring (bicyclic) bond motifs is 3. The first-order valence-corrected chi connectivity index (χ1v) is 11.3. The van der Waals surface area contributed by atoms with E-state index >= 15 is 0 Å². The van der Waals surface area contributed by atoms with Crippen molar-refractivity contribution in [3.8, 4) is 22.9 Å². The summed E-state index contributed by atoms with van der Waals surface area (Å²) in [6.07, 6.45) is -0.436. The van der Waals surface area contributed by atoms with Gasteiger partial charge in [0.2, 0.25) is 11.0 Å². The third-order valence-electron chi connectivity index (χ3n) is 5.03. The van der Waals surface area contributed by atoms with E-state index in [1.165, 1.54) is 11.8 Å². The van der Waals surface area contributed by atoms with Gasteiger partial charge < -0.3 is 14.8 Å². The van der Waals surface area contributed by atoms with E-state index in [1.807, 2.05) is 72.8 Å². The van der Waals surface area contributed by atoms with Crippen LogP contribution in [-0.4, -0.2) is 22.3 Å². The molecule has 1 aromatic heterocycles. The largest absolute Gasteiger partial charge is 0.497 e. The van der Waals surface area contributed by atoms with Gasteiger partial charge in [0, 0.05) is 27.6 Å². The molecule has 0 amide bonds. The van der Waals surface area contributed by atoms with Crippen LogP contribution in [0.2, 0.25) is 5.02 Å². The molecule has 5 rings (SSSR count). The molecular weight excluding hydrogens is 444 g/mol. The van der Waals surface area contributed by atoms with Gasteiger partial charge in [-0.2, -0.15) is 4.98 Å². The minimum Gasteiger partial charge on any atom is -0.497 e. The molecule has 0 aliphatic carbocycles. The molecule has 1 N–H and O–H groups in total. The van der Waals surface area contributed by atoms with Gasteiger partial charge in [0.05, 0.1) is 7.11 Å². The highest BCUT2D eigenvalue weighted by Gasteiger charge is 2.26. The zero-order valence-corrected chi connectivity index (χ0v) is 18.7. The van der Waals surface area contributed by atoms with E-state index in [4.69, 9.17) is 26.1 Å². The Balaban J connectivity index is 1.46. The van der Waals surface area contributed by atoms with Crippen LogP contribution in [0.3, 0.4) is 0 Å². The summed E-state index contributed by atoms with van der Waals surface area (Å²) in [4.78, 5) is 4.69. The quantitative estimate of drug-likeness (QED) is 0.365. The number of rotatable bonds is 5. The first-order valence-electron chi connectivity index (χ1n) is 9.98. The van der Waals surface area contributed by atoms with Crippen LogP contribution in [0.4, 0.5) is 5.69 Å². The van der Waals surface area contributed by atoms with Gasteiger partial charge in [0.1, 0.15) is 5.75 Å². The minimum atomic E-state index is -0.436. The number of aromatic nitrogens is 3. The van der Waals surface area contributed by atoms with Crippen molar-refractivity contribution < 1.29 is 9.47 Å². The lowest BCUT2D eigenvalue weighted by Gasteiger charge is -2.19. The second kappa shape index (κ2) is 9.06. The lowest BCUT2D eigenvalue weighted by molar-refractivity contribution is 0.225. The molecule has 32 heavy (non-hydrogen) atoms. The molecule has 3 aromatic carbocycles. The van der Waals surface area contributed by atoms with Crippen LogP contribution in [-0.2, 0) is 5.75 Å². The maximum atomic E-state index is 6.31. The highest BCUT2D eigenvalue weighted by atomic mass is 35.5. The molecule has 0 bridgehead atoms. The van der Waals surface area contributed by atoms with Crippen molar-refractivity contribution in [2.75, 3.05) is 12.4 Å². The number of thioether (sulfide) groups is 1. The van der Waals surface area contributed by atoms with Crippen molar-refractivity contribution in [2.24, 2.45) is 0 Å². The highest BCUT2D eigenvalue weighted by molar-refractivity contribution is 7.98. The summed E-state index contributed by atoms with van der Waals surface area (Å²) in [6.45, 7) is 0. The van der Waals surface area contributed by atoms with Crippen LogP contribution in [0.15, 0.2) is 78.0 Å². The maximum absolute atomic E-state index is 6.31. The van der Waals surface area contributed by atoms with E-state index in [-0.39, 0.29) is 0 Å². The Labute approximate surface area is 195 Å². The molecule has 0 saturated carbocycles. The van der Waals surface area contributed by atoms with E-state index in [0.29, 0.717) is 27.5 Å². The number of hydrogen-bond donors (Lipinski definition) is 1. The van der Waals surface area contributed by atoms with Crippen LogP contribution >= 0.6 is 23.4 Å². The molecule has 0 radical (unpaired) electrons. The van der Waals surface area contributed by atoms with Crippen molar-refractivity contribution in [3.63, 3.8) is 0 Å². The number of benzene rings is 3. The zero-order valence-electron chi connectivity index (χ0n) is 17.2. The molecule has 1 aliphatic heterocycles. The Kier molecular flexibility index (Phi) is 5.83. The van der Waals surface area contributed by atoms with E-state index < -0.39 is 6.23 Å². The lowest BCUT2D eigenvalue weighted by atomic mass is 10.1. The molecule has 1 atom stereocenters. The van der Waals surface area contributed by atoms with Crippen molar-refractivity contribution in [3.05, 3.63) is 88.9 Å². The van der Waals surface area contributed by atoms with Gasteiger partial charge in [0.15, 0.2) is 11.9 Å². The van der Waals surface area contributed by atoms with Gasteiger partial charge in [-0.3, -0.25) is 0 Å². The molecule has 2 heterocycles.